The second-order valence-corrected chi connectivity index (χ2v) is 4.93. The smallest absolute Gasteiger partial charge is 0.249 e. The summed E-state index contributed by atoms with van der Waals surface area (Å²) in [5.41, 5.74) is 0.877. The van der Waals surface area contributed by atoms with Crippen molar-refractivity contribution in [2.75, 3.05) is 0 Å². The number of alkyl halides is 2. The van der Waals surface area contributed by atoms with Gasteiger partial charge in [0, 0.05) is 29.8 Å². The number of aryl methyl sites for hydroxylation is 1. The van der Waals surface area contributed by atoms with Crippen molar-refractivity contribution >= 4 is 17.1 Å². The SMILES string of the molecule is Cc1csc(CC(=O)C2CC(F)(F)C2)n1. The Hall–Kier alpha value is -0.840. The van der Waals surface area contributed by atoms with Crippen LogP contribution in [-0.4, -0.2) is 16.7 Å². The fraction of sp³-hybridized carbons (Fsp3) is 0.600. The van der Waals surface area contributed by atoms with Crippen molar-refractivity contribution in [1.29, 1.82) is 0 Å². The molecule has 1 aromatic rings. The maximum Gasteiger partial charge on any atom is 0.249 e. The summed E-state index contributed by atoms with van der Waals surface area (Å²) in [7, 11) is 0. The molecule has 0 bridgehead atoms. The minimum atomic E-state index is -2.61. The molecule has 0 spiro atoms. The molecule has 0 atom stereocenters. The minimum Gasteiger partial charge on any atom is -0.299 e. The molecule has 0 unspecified atom stereocenters. The van der Waals surface area contributed by atoms with E-state index in [4.69, 9.17) is 0 Å². The molecular formula is C10H11F2NOS. The normalized spacial score (nSPS) is 19.9. The lowest BCUT2D eigenvalue weighted by molar-refractivity contribution is -0.147. The fourth-order valence-electron chi connectivity index (χ4n) is 1.67. The van der Waals surface area contributed by atoms with E-state index in [0.717, 1.165) is 10.7 Å². The number of rotatable bonds is 3. The summed E-state index contributed by atoms with van der Waals surface area (Å²) in [5, 5.41) is 2.59. The highest BCUT2D eigenvalue weighted by Crippen LogP contribution is 2.43. The van der Waals surface area contributed by atoms with Crippen LogP contribution in [0.3, 0.4) is 0 Å². The number of carbonyl (C=O) groups is 1. The first kappa shape index (κ1) is 10.7. The third-order valence-electron chi connectivity index (χ3n) is 2.54. The summed E-state index contributed by atoms with van der Waals surface area (Å²) >= 11 is 1.41. The van der Waals surface area contributed by atoms with Crippen LogP contribution in [0.4, 0.5) is 8.78 Å². The highest BCUT2D eigenvalue weighted by atomic mass is 32.1. The zero-order valence-corrected chi connectivity index (χ0v) is 9.11. The van der Waals surface area contributed by atoms with E-state index >= 15 is 0 Å². The number of Topliss-reactive ketones (excluding diaryl/α,β-unsaturated/α-hetero) is 1. The molecule has 1 saturated carbocycles. The molecular weight excluding hydrogens is 220 g/mol. The first-order valence-electron chi connectivity index (χ1n) is 4.78. The van der Waals surface area contributed by atoms with Gasteiger partial charge in [-0.25, -0.2) is 13.8 Å². The average Bonchev–Trinajstić information content (AvgIpc) is 2.46. The van der Waals surface area contributed by atoms with Gasteiger partial charge in [-0.05, 0) is 6.92 Å². The van der Waals surface area contributed by atoms with E-state index in [1.54, 1.807) is 0 Å². The first-order chi connectivity index (χ1) is 6.96. The molecule has 15 heavy (non-hydrogen) atoms. The van der Waals surface area contributed by atoms with Gasteiger partial charge in [-0.15, -0.1) is 11.3 Å². The van der Waals surface area contributed by atoms with E-state index in [1.165, 1.54) is 11.3 Å². The van der Waals surface area contributed by atoms with Crippen molar-refractivity contribution in [3.63, 3.8) is 0 Å². The number of aromatic nitrogens is 1. The van der Waals surface area contributed by atoms with Crippen LogP contribution in [0.5, 0.6) is 0 Å². The van der Waals surface area contributed by atoms with Crippen molar-refractivity contribution in [1.82, 2.24) is 4.98 Å². The van der Waals surface area contributed by atoms with Crippen LogP contribution >= 0.6 is 11.3 Å². The molecule has 1 fully saturated rings. The molecule has 2 nitrogen and oxygen atoms in total. The third-order valence-corrected chi connectivity index (χ3v) is 3.50. The Morgan fingerprint density at radius 2 is 2.33 bits per heavy atom. The van der Waals surface area contributed by atoms with Crippen molar-refractivity contribution in [2.24, 2.45) is 5.92 Å². The highest BCUT2D eigenvalue weighted by Gasteiger charge is 2.48. The second kappa shape index (κ2) is 3.63. The highest BCUT2D eigenvalue weighted by molar-refractivity contribution is 7.09. The third kappa shape index (κ3) is 2.40. The van der Waals surface area contributed by atoms with Gasteiger partial charge in [0.15, 0.2) is 0 Å². The van der Waals surface area contributed by atoms with E-state index in [2.05, 4.69) is 4.98 Å². The summed E-state index contributed by atoms with van der Waals surface area (Å²) in [5.74, 6) is -3.17. The van der Waals surface area contributed by atoms with Crippen LogP contribution in [-0.2, 0) is 11.2 Å². The molecule has 0 aliphatic heterocycles. The maximum atomic E-state index is 12.5. The van der Waals surface area contributed by atoms with E-state index in [-0.39, 0.29) is 25.0 Å². The van der Waals surface area contributed by atoms with Crippen LogP contribution in [0.2, 0.25) is 0 Å². The van der Waals surface area contributed by atoms with Gasteiger partial charge in [0.05, 0.1) is 6.42 Å². The van der Waals surface area contributed by atoms with Gasteiger partial charge < -0.3 is 0 Å². The predicted octanol–water partition coefficient (Wildman–Crippen LogP) is 2.61. The molecule has 1 aliphatic carbocycles. The molecule has 1 heterocycles. The maximum absolute atomic E-state index is 12.5. The van der Waals surface area contributed by atoms with Gasteiger partial charge in [-0.2, -0.15) is 0 Å². The molecule has 0 radical (unpaired) electrons. The lowest BCUT2D eigenvalue weighted by Gasteiger charge is -2.33. The minimum absolute atomic E-state index is 0.102. The molecule has 5 heteroatoms. The Bertz CT molecular complexity index is 381. The Labute approximate surface area is 90.3 Å². The topological polar surface area (TPSA) is 30.0 Å². The van der Waals surface area contributed by atoms with Crippen molar-refractivity contribution in [3.8, 4) is 0 Å². The van der Waals surface area contributed by atoms with E-state index in [1.807, 2.05) is 12.3 Å². The largest absolute Gasteiger partial charge is 0.299 e. The Morgan fingerprint density at radius 1 is 1.67 bits per heavy atom. The summed E-state index contributed by atoms with van der Waals surface area (Å²) in [6, 6.07) is 0. The zero-order chi connectivity index (χ0) is 11.1. The molecule has 0 N–H and O–H groups in total. The van der Waals surface area contributed by atoms with Crippen molar-refractivity contribution in [2.45, 2.75) is 32.1 Å². The Morgan fingerprint density at radius 3 is 2.80 bits per heavy atom. The summed E-state index contributed by atoms with van der Waals surface area (Å²) in [4.78, 5) is 15.7. The quantitative estimate of drug-likeness (QED) is 0.800. The number of halogens is 2. The van der Waals surface area contributed by atoms with Gasteiger partial charge in [-0.1, -0.05) is 0 Å². The number of thiazole rings is 1. The summed E-state index contributed by atoms with van der Waals surface area (Å²) in [6.45, 7) is 1.85. The second-order valence-electron chi connectivity index (χ2n) is 3.99. The fourth-order valence-corrected chi connectivity index (χ4v) is 2.45. The van der Waals surface area contributed by atoms with Crippen LogP contribution in [0.25, 0.3) is 0 Å². The van der Waals surface area contributed by atoms with Crippen LogP contribution in [0.15, 0.2) is 5.38 Å². The van der Waals surface area contributed by atoms with Gasteiger partial charge in [-0.3, -0.25) is 4.79 Å². The number of hydrogen-bond donors (Lipinski definition) is 0. The summed E-state index contributed by atoms with van der Waals surface area (Å²) in [6.07, 6.45) is -0.356. The first-order valence-corrected chi connectivity index (χ1v) is 5.66. The Kier molecular flexibility index (Phi) is 2.58. The lowest BCUT2D eigenvalue weighted by atomic mass is 9.78. The van der Waals surface area contributed by atoms with Crippen molar-refractivity contribution in [3.05, 3.63) is 16.1 Å². The van der Waals surface area contributed by atoms with Gasteiger partial charge in [0.25, 0.3) is 0 Å². The molecule has 1 aliphatic rings. The number of hydrogen-bond acceptors (Lipinski definition) is 3. The zero-order valence-electron chi connectivity index (χ0n) is 8.30. The van der Waals surface area contributed by atoms with Crippen LogP contribution in [0.1, 0.15) is 23.5 Å². The van der Waals surface area contributed by atoms with E-state index < -0.39 is 11.8 Å². The van der Waals surface area contributed by atoms with Gasteiger partial charge in [0.1, 0.15) is 10.8 Å². The molecule has 2 rings (SSSR count). The number of nitrogens with zero attached hydrogens (tertiary/aromatic N) is 1. The Balaban J connectivity index is 1.89. The van der Waals surface area contributed by atoms with Crippen LogP contribution in [0, 0.1) is 12.8 Å². The molecule has 1 aromatic heterocycles. The number of carbonyl (C=O) groups excluding carboxylic acids is 1. The van der Waals surface area contributed by atoms with Gasteiger partial charge >= 0.3 is 0 Å². The van der Waals surface area contributed by atoms with Crippen LogP contribution < -0.4 is 0 Å². The van der Waals surface area contributed by atoms with Crippen molar-refractivity contribution < 1.29 is 13.6 Å². The molecule has 0 saturated heterocycles. The average molecular weight is 231 g/mol. The molecule has 0 aromatic carbocycles. The monoisotopic (exact) mass is 231 g/mol. The molecule has 0 amide bonds. The summed E-state index contributed by atoms with van der Waals surface area (Å²) < 4.78 is 25.1. The van der Waals surface area contributed by atoms with Gasteiger partial charge in [0.2, 0.25) is 5.92 Å². The molecule has 82 valence electrons. The predicted molar refractivity (Wildman–Crippen MR) is 53.2 cm³/mol. The van der Waals surface area contributed by atoms with E-state index in [9.17, 15) is 13.6 Å². The lowest BCUT2D eigenvalue weighted by Crippen LogP contribution is -2.40. The standard InChI is InChI=1S/C10H11F2NOS/c1-6-5-15-9(13-6)2-8(14)7-3-10(11,12)4-7/h5,7H,2-4H2,1H3. The number of ketones is 1. The van der Waals surface area contributed by atoms with E-state index in [0.29, 0.717) is 0 Å².